The average molecular weight is 498 g/mol. The van der Waals surface area contributed by atoms with E-state index in [1.165, 1.54) is 21.9 Å². The smallest absolute Gasteiger partial charge is 0.381 e. The molecule has 1 amide bonds. The summed E-state index contributed by atoms with van der Waals surface area (Å²) in [6.45, 7) is 0.473. The number of rotatable bonds is 7. The maximum absolute atomic E-state index is 14.6. The van der Waals surface area contributed by atoms with Gasteiger partial charge in [-0.1, -0.05) is 6.07 Å². The van der Waals surface area contributed by atoms with Crippen LogP contribution in [-0.2, 0) is 26.0 Å². The van der Waals surface area contributed by atoms with Crippen LogP contribution in [-0.4, -0.2) is 74.2 Å². The second-order valence-electron chi connectivity index (χ2n) is 8.19. The average Bonchev–Trinajstić information content (AvgIpc) is 2.78. The Kier molecular flexibility index (Phi) is 7.87. The number of carbonyl (C=O) groups excluding carboxylic acids is 1. The Balaban J connectivity index is 1.66. The second kappa shape index (κ2) is 10.1. The second-order valence-corrected chi connectivity index (χ2v) is 10.4. The van der Waals surface area contributed by atoms with Crippen LogP contribution in [0.5, 0.6) is 0 Å². The van der Waals surface area contributed by atoms with Crippen molar-refractivity contribution in [3.8, 4) is 0 Å². The molecule has 33 heavy (non-hydrogen) atoms. The molecule has 1 aromatic rings. The van der Waals surface area contributed by atoms with E-state index in [4.69, 9.17) is 9.94 Å². The highest BCUT2D eigenvalue weighted by Gasteiger charge is 2.54. The molecule has 2 fully saturated rings. The molecule has 13 heteroatoms. The van der Waals surface area contributed by atoms with Crippen molar-refractivity contribution >= 4 is 21.6 Å². The standard InChI is InChI=1S/C20H27F4N3O5S/c21-16-14-15(2-1-5-20(22,23)24)3-4-17(16)26-8-10-27(11-9-26)33(30,31)19(18(28)25-29)6-12-32-13-7-19/h3-4,14,29H,1-2,5-13H2,(H,25,28). The van der Waals surface area contributed by atoms with Crippen LogP contribution in [0.25, 0.3) is 0 Å². The van der Waals surface area contributed by atoms with E-state index in [2.05, 4.69) is 0 Å². The zero-order valence-corrected chi connectivity index (χ0v) is 18.7. The summed E-state index contributed by atoms with van der Waals surface area (Å²) in [6.07, 6.45) is -5.40. The fraction of sp³-hybridized carbons (Fsp3) is 0.650. The third-order valence-electron chi connectivity index (χ3n) is 6.17. The molecule has 0 aliphatic carbocycles. The Labute approximate surface area is 189 Å². The first-order valence-electron chi connectivity index (χ1n) is 10.6. The minimum absolute atomic E-state index is 0.0103. The first-order valence-corrected chi connectivity index (χ1v) is 12.1. The normalized spacial score (nSPS) is 20.0. The molecule has 0 bridgehead atoms. The van der Waals surface area contributed by atoms with Gasteiger partial charge in [0, 0.05) is 58.7 Å². The van der Waals surface area contributed by atoms with Crippen LogP contribution >= 0.6 is 0 Å². The summed E-state index contributed by atoms with van der Waals surface area (Å²) < 4.78 is 82.7. The Morgan fingerprint density at radius 1 is 1.15 bits per heavy atom. The number of nitrogens with zero attached hydrogens (tertiary/aromatic N) is 2. The highest BCUT2D eigenvalue weighted by molar-refractivity contribution is 7.91. The lowest BCUT2D eigenvalue weighted by molar-refractivity contribution is -0.135. The number of benzene rings is 1. The zero-order valence-electron chi connectivity index (χ0n) is 17.9. The summed E-state index contributed by atoms with van der Waals surface area (Å²) in [5, 5.41) is 9.12. The van der Waals surface area contributed by atoms with E-state index in [1.54, 1.807) is 11.0 Å². The summed E-state index contributed by atoms with van der Waals surface area (Å²) in [5.41, 5.74) is 2.16. The van der Waals surface area contributed by atoms with E-state index in [0.29, 0.717) is 5.56 Å². The number of piperazine rings is 1. The number of ether oxygens (including phenoxy) is 1. The third kappa shape index (κ3) is 5.58. The van der Waals surface area contributed by atoms with Gasteiger partial charge >= 0.3 is 6.18 Å². The maximum Gasteiger partial charge on any atom is 0.389 e. The largest absolute Gasteiger partial charge is 0.389 e. The molecule has 0 atom stereocenters. The first-order chi connectivity index (χ1) is 15.5. The van der Waals surface area contributed by atoms with Gasteiger partial charge in [-0.3, -0.25) is 10.0 Å². The number of hydrogen-bond donors (Lipinski definition) is 2. The molecular formula is C20H27F4N3O5S. The van der Waals surface area contributed by atoms with E-state index in [-0.39, 0.29) is 70.8 Å². The van der Waals surface area contributed by atoms with Crippen molar-refractivity contribution in [1.82, 2.24) is 9.79 Å². The molecule has 0 aromatic heterocycles. The molecule has 2 aliphatic heterocycles. The lowest BCUT2D eigenvalue weighted by atomic mass is 9.98. The van der Waals surface area contributed by atoms with Gasteiger partial charge in [-0.15, -0.1) is 0 Å². The van der Waals surface area contributed by atoms with Crippen molar-refractivity contribution in [1.29, 1.82) is 0 Å². The van der Waals surface area contributed by atoms with Gasteiger partial charge in [0.05, 0.1) is 5.69 Å². The molecule has 2 saturated heterocycles. The number of carbonyl (C=O) groups is 1. The monoisotopic (exact) mass is 497 g/mol. The van der Waals surface area contributed by atoms with Gasteiger partial charge in [0.15, 0.2) is 4.75 Å². The number of anilines is 1. The number of amides is 1. The van der Waals surface area contributed by atoms with Gasteiger partial charge in [-0.25, -0.2) is 18.3 Å². The Morgan fingerprint density at radius 3 is 2.33 bits per heavy atom. The predicted octanol–water partition coefficient (Wildman–Crippen LogP) is 2.22. The number of hydroxylamine groups is 1. The number of aryl methyl sites for hydroxylation is 1. The number of sulfonamides is 1. The van der Waals surface area contributed by atoms with E-state index >= 15 is 0 Å². The molecular weight excluding hydrogens is 470 g/mol. The minimum atomic E-state index is -4.25. The maximum atomic E-state index is 14.6. The molecule has 0 saturated carbocycles. The summed E-state index contributed by atoms with van der Waals surface area (Å²) in [5.74, 6) is -1.59. The van der Waals surface area contributed by atoms with Crippen LogP contribution in [0.2, 0.25) is 0 Å². The molecule has 2 heterocycles. The van der Waals surface area contributed by atoms with Crippen molar-refractivity contribution in [2.45, 2.75) is 43.0 Å². The lowest BCUT2D eigenvalue weighted by Gasteiger charge is -2.42. The van der Waals surface area contributed by atoms with Crippen LogP contribution in [0.4, 0.5) is 23.2 Å². The van der Waals surface area contributed by atoms with Crippen molar-refractivity contribution < 1.29 is 40.7 Å². The van der Waals surface area contributed by atoms with Gasteiger partial charge in [-0.05, 0) is 30.5 Å². The Morgan fingerprint density at radius 2 is 1.79 bits per heavy atom. The molecule has 1 aromatic carbocycles. The molecule has 3 rings (SSSR count). The van der Waals surface area contributed by atoms with Gasteiger partial charge in [-0.2, -0.15) is 17.5 Å². The van der Waals surface area contributed by atoms with Crippen molar-refractivity contribution in [3.05, 3.63) is 29.6 Å². The van der Waals surface area contributed by atoms with Gasteiger partial charge in [0.25, 0.3) is 5.91 Å². The lowest BCUT2D eigenvalue weighted by Crippen LogP contribution is -2.62. The van der Waals surface area contributed by atoms with E-state index in [1.807, 2.05) is 0 Å². The first kappa shape index (κ1) is 25.7. The number of nitrogens with one attached hydrogen (secondary N) is 1. The molecule has 0 spiro atoms. The SMILES string of the molecule is O=C(NO)C1(S(=O)(=O)N2CCN(c3ccc(CCCC(F)(F)F)cc3F)CC2)CCOCC1. The molecule has 8 nitrogen and oxygen atoms in total. The predicted molar refractivity (Wildman–Crippen MR) is 111 cm³/mol. The van der Waals surface area contributed by atoms with Crippen molar-refractivity contribution in [3.63, 3.8) is 0 Å². The summed E-state index contributed by atoms with van der Waals surface area (Å²) in [4.78, 5) is 14.0. The number of hydrogen-bond acceptors (Lipinski definition) is 6. The highest BCUT2D eigenvalue weighted by Crippen LogP contribution is 2.34. The van der Waals surface area contributed by atoms with Crippen LogP contribution in [0, 0.1) is 5.82 Å². The molecule has 2 N–H and O–H groups in total. The van der Waals surface area contributed by atoms with E-state index < -0.39 is 39.1 Å². The molecule has 0 radical (unpaired) electrons. The number of halogens is 4. The third-order valence-corrected chi connectivity index (χ3v) is 8.79. The van der Waals surface area contributed by atoms with Crippen LogP contribution in [0.15, 0.2) is 18.2 Å². The molecule has 0 unspecified atom stereocenters. The molecule has 2 aliphatic rings. The Bertz CT molecular complexity index is 944. The number of alkyl halides is 3. The van der Waals surface area contributed by atoms with E-state index in [9.17, 15) is 30.8 Å². The fourth-order valence-corrected chi connectivity index (χ4v) is 6.38. The zero-order chi connectivity index (χ0) is 24.3. The van der Waals surface area contributed by atoms with Crippen LogP contribution in [0.1, 0.15) is 31.2 Å². The van der Waals surface area contributed by atoms with Crippen LogP contribution < -0.4 is 10.4 Å². The van der Waals surface area contributed by atoms with Gasteiger partial charge < -0.3 is 9.64 Å². The highest BCUT2D eigenvalue weighted by atomic mass is 32.2. The summed E-state index contributed by atoms with van der Waals surface area (Å²) in [7, 11) is -4.13. The topological polar surface area (TPSA) is 99.2 Å². The van der Waals surface area contributed by atoms with Gasteiger partial charge in [0.1, 0.15) is 5.82 Å². The Hall–Kier alpha value is -1.96. The minimum Gasteiger partial charge on any atom is -0.381 e. The summed E-state index contributed by atoms with van der Waals surface area (Å²) >= 11 is 0. The van der Waals surface area contributed by atoms with Crippen molar-refractivity contribution in [2.75, 3.05) is 44.3 Å². The van der Waals surface area contributed by atoms with E-state index in [0.717, 1.165) is 0 Å². The van der Waals surface area contributed by atoms with Gasteiger partial charge in [0.2, 0.25) is 10.0 Å². The summed E-state index contributed by atoms with van der Waals surface area (Å²) in [6, 6.07) is 4.26. The quantitative estimate of drug-likeness (QED) is 0.341. The molecule has 186 valence electrons. The van der Waals surface area contributed by atoms with Crippen LogP contribution in [0.3, 0.4) is 0 Å². The van der Waals surface area contributed by atoms with Crippen molar-refractivity contribution in [2.24, 2.45) is 0 Å². The fourth-order valence-electron chi connectivity index (χ4n) is 4.28.